The van der Waals surface area contributed by atoms with Crippen LogP contribution in [0.25, 0.3) is 0 Å². The summed E-state index contributed by atoms with van der Waals surface area (Å²) in [6, 6.07) is 5.99. The Hall–Kier alpha value is -0.450. The summed E-state index contributed by atoms with van der Waals surface area (Å²) in [7, 11) is 0. The van der Waals surface area contributed by atoms with Crippen molar-refractivity contribution < 1.29 is 4.39 Å². The molecule has 0 spiro atoms. The van der Waals surface area contributed by atoms with E-state index in [1.807, 2.05) is 12.1 Å². The van der Waals surface area contributed by atoms with Gasteiger partial charge in [-0.15, -0.1) is 0 Å². The summed E-state index contributed by atoms with van der Waals surface area (Å²) in [5.41, 5.74) is 0.812. The Kier molecular flexibility index (Phi) is 4.74. The zero-order valence-electron chi connectivity index (χ0n) is 11.7. The molecule has 1 aliphatic heterocycles. The molecule has 1 aromatic rings. The molecule has 1 unspecified atom stereocenters. The molecule has 0 radical (unpaired) electrons. The third-order valence-corrected chi connectivity index (χ3v) is 4.76. The maximum atomic E-state index is 14.0. The van der Waals surface area contributed by atoms with Crippen LogP contribution in [-0.2, 0) is 6.54 Å². The van der Waals surface area contributed by atoms with Crippen molar-refractivity contribution in [2.45, 2.75) is 38.3 Å². The maximum Gasteiger partial charge on any atom is 0.128 e. The molecule has 1 N–H and O–H groups in total. The van der Waals surface area contributed by atoms with Gasteiger partial charge in [0.2, 0.25) is 0 Å². The minimum atomic E-state index is -0.0976. The summed E-state index contributed by atoms with van der Waals surface area (Å²) in [5, 5.41) is 3.55. The number of hydrogen-bond donors (Lipinski definition) is 1. The highest BCUT2D eigenvalue weighted by atomic mass is 79.9. The predicted molar refractivity (Wildman–Crippen MR) is 83.1 cm³/mol. The van der Waals surface area contributed by atoms with Crippen LogP contribution in [0.5, 0.6) is 0 Å². The van der Waals surface area contributed by atoms with Gasteiger partial charge in [0.05, 0.1) is 0 Å². The van der Waals surface area contributed by atoms with E-state index in [-0.39, 0.29) is 5.82 Å². The molecule has 2 aliphatic rings. The van der Waals surface area contributed by atoms with Crippen molar-refractivity contribution in [3.63, 3.8) is 0 Å². The second-order valence-electron chi connectivity index (χ2n) is 6.17. The quantitative estimate of drug-likeness (QED) is 0.851. The van der Waals surface area contributed by atoms with Crippen LogP contribution in [0.2, 0.25) is 0 Å². The average molecular weight is 341 g/mol. The lowest BCUT2D eigenvalue weighted by atomic mass is 10.1. The molecule has 1 aliphatic carbocycles. The van der Waals surface area contributed by atoms with E-state index in [0.717, 1.165) is 42.1 Å². The Morgan fingerprint density at radius 3 is 2.75 bits per heavy atom. The third-order valence-electron chi connectivity index (χ3n) is 4.26. The monoisotopic (exact) mass is 340 g/mol. The van der Waals surface area contributed by atoms with Gasteiger partial charge in [-0.2, -0.15) is 0 Å². The zero-order chi connectivity index (χ0) is 13.9. The summed E-state index contributed by atoms with van der Waals surface area (Å²) < 4.78 is 14.8. The molecule has 0 amide bonds. The van der Waals surface area contributed by atoms with Crippen LogP contribution in [0.3, 0.4) is 0 Å². The van der Waals surface area contributed by atoms with Crippen molar-refractivity contribution in [1.82, 2.24) is 10.2 Å². The van der Waals surface area contributed by atoms with Gasteiger partial charge in [-0.25, -0.2) is 4.39 Å². The van der Waals surface area contributed by atoms with Crippen molar-refractivity contribution >= 4 is 15.9 Å². The van der Waals surface area contributed by atoms with Gasteiger partial charge in [0.25, 0.3) is 0 Å². The fourth-order valence-corrected chi connectivity index (χ4v) is 3.32. The lowest BCUT2D eigenvalue weighted by Gasteiger charge is -2.26. The van der Waals surface area contributed by atoms with E-state index in [4.69, 9.17) is 0 Å². The molecule has 3 rings (SSSR count). The number of rotatable bonds is 6. The van der Waals surface area contributed by atoms with Gasteiger partial charge in [-0.05, 0) is 50.3 Å². The topological polar surface area (TPSA) is 15.3 Å². The van der Waals surface area contributed by atoms with Gasteiger partial charge in [-0.1, -0.05) is 22.0 Å². The van der Waals surface area contributed by atoms with Gasteiger partial charge >= 0.3 is 0 Å². The molecular formula is C16H22BrFN2. The Labute approximate surface area is 128 Å². The lowest BCUT2D eigenvalue weighted by molar-refractivity contribution is 0.229. The molecule has 0 bridgehead atoms. The smallest absolute Gasteiger partial charge is 0.128 e. The molecule has 1 atom stereocenters. The van der Waals surface area contributed by atoms with E-state index in [0.29, 0.717) is 6.04 Å². The summed E-state index contributed by atoms with van der Waals surface area (Å²) in [6.07, 6.45) is 5.22. The molecule has 1 aromatic carbocycles. The highest BCUT2D eigenvalue weighted by molar-refractivity contribution is 9.10. The van der Waals surface area contributed by atoms with Crippen LogP contribution < -0.4 is 5.32 Å². The summed E-state index contributed by atoms with van der Waals surface area (Å²) in [5.74, 6) is 0.745. The van der Waals surface area contributed by atoms with E-state index >= 15 is 0 Å². The number of hydrogen-bond acceptors (Lipinski definition) is 2. The van der Waals surface area contributed by atoms with E-state index in [2.05, 4.69) is 26.1 Å². The maximum absolute atomic E-state index is 14.0. The minimum Gasteiger partial charge on any atom is -0.313 e. The van der Waals surface area contributed by atoms with E-state index in [9.17, 15) is 4.39 Å². The van der Waals surface area contributed by atoms with Gasteiger partial charge < -0.3 is 5.32 Å². The third kappa shape index (κ3) is 4.03. The summed E-state index contributed by atoms with van der Waals surface area (Å²) in [6.45, 7) is 4.03. The van der Waals surface area contributed by atoms with Gasteiger partial charge in [0.1, 0.15) is 5.82 Å². The number of benzene rings is 1. The van der Waals surface area contributed by atoms with Crippen LogP contribution >= 0.6 is 15.9 Å². The SMILES string of the molecule is Fc1cc(Br)ccc1CN(CC1CC1)CC1CCCN1. The highest BCUT2D eigenvalue weighted by Gasteiger charge is 2.26. The normalized spacial score (nSPS) is 22.6. The standard InChI is InChI=1S/C16H22BrFN2/c17-14-6-5-13(16(18)8-14)10-20(9-12-3-4-12)11-15-2-1-7-19-15/h5-6,8,12,15,19H,1-4,7,9-11H2. The number of halogens is 2. The van der Waals surface area contributed by atoms with Crippen LogP contribution in [0, 0.1) is 11.7 Å². The zero-order valence-corrected chi connectivity index (χ0v) is 13.3. The van der Waals surface area contributed by atoms with E-state index < -0.39 is 0 Å². The Morgan fingerprint density at radius 2 is 2.10 bits per heavy atom. The Bertz CT molecular complexity index is 456. The molecule has 20 heavy (non-hydrogen) atoms. The largest absolute Gasteiger partial charge is 0.313 e. The summed E-state index contributed by atoms with van der Waals surface area (Å²) >= 11 is 3.32. The molecule has 1 saturated carbocycles. The van der Waals surface area contributed by atoms with Crippen molar-refractivity contribution in [2.24, 2.45) is 5.92 Å². The van der Waals surface area contributed by atoms with Gasteiger partial charge in [-0.3, -0.25) is 4.90 Å². The van der Waals surface area contributed by atoms with Crippen molar-refractivity contribution in [3.8, 4) is 0 Å². The minimum absolute atomic E-state index is 0.0976. The fraction of sp³-hybridized carbons (Fsp3) is 0.625. The van der Waals surface area contributed by atoms with Crippen LogP contribution in [0.15, 0.2) is 22.7 Å². The molecule has 2 fully saturated rings. The first-order chi connectivity index (χ1) is 9.70. The average Bonchev–Trinajstić information content (AvgIpc) is 3.07. The molecule has 0 aromatic heterocycles. The first kappa shape index (κ1) is 14.5. The predicted octanol–water partition coefficient (Wildman–Crippen LogP) is 3.55. The molecular weight excluding hydrogens is 319 g/mol. The molecule has 1 saturated heterocycles. The first-order valence-electron chi connectivity index (χ1n) is 7.60. The molecule has 1 heterocycles. The number of nitrogens with zero attached hydrogens (tertiary/aromatic N) is 1. The first-order valence-corrected chi connectivity index (χ1v) is 8.39. The second-order valence-corrected chi connectivity index (χ2v) is 7.08. The Balaban J connectivity index is 1.64. The van der Waals surface area contributed by atoms with Crippen molar-refractivity contribution in [3.05, 3.63) is 34.1 Å². The Morgan fingerprint density at radius 1 is 1.25 bits per heavy atom. The number of nitrogens with one attached hydrogen (secondary N) is 1. The molecule has 110 valence electrons. The summed E-state index contributed by atoms with van der Waals surface area (Å²) in [4.78, 5) is 2.44. The van der Waals surface area contributed by atoms with E-state index in [1.54, 1.807) is 6.07 Å². The highest BCUT2D eigenvalue weighted by Crippen LogP contribution is 2.30. The lowest BCUT2D eigenvalue weighted by Crippen LogP contribution is -2.38. The van der Waals surface area contributed by atoms with E-state index in [1.165, 1.54) is 25.7 Å². The van der Waals surface area contributed by atoms with Crippen LogP contribution in [0.4, 0.5) is 4.39 Å². The van der Waals surface area contributed by atoms with Crippen molar-refractivity contribution in [1.29, 1.82) is 0 Å². The second kappa shape index (κ2) is 6.54. The molecule has 2 nitrogen and oxygen atoms in total. The van der Waals surface area contributed by atoms with Crippen LogP contribution in [0.1, 0.15) is 31.2 Å². The van der Waals surface area contributed by atoms with Crippen molar-refractivity contribution in [2.75, 3.05) is 19.6 Å². The molecule has 4 heteroatoms. The van der Waals surface area contributed by atoms with Gasteiger partial charge in [0, 0.05) is 35.7 Å². The van der Waals surface area contributed by atoms with Gasteiger partial charge in [0.15, 0.2) is 0 Å². The fourth-order valence-electron chi connectivity index (χ4n) is 2.98. The van der Waals surface area contributed by atoms with Crippen LogP contribution in [-0.4, -0.2) is 30.6 Å².